The average molecular weight is 579 g/mol. The van der Waals surface area contributed by atoms with E-state index in [1.165, 1.54) is 158 Å². The quantitative estimate of drug-likeness (QED) is 0.291. The van der Waals surface area contributed by atoms with Gasteiger partial charge in [-0.05, 0) is 92.8 Å². The van der Waals surface area contributed by atoms with Gasteiger partial charge in [0.2, 0.25) is 0 Å². The second-order valence-corrected chi connectivity index (χ2v) is 17.6. The van der Waals surface area contributed by atoms with Crippen molar-refractivity contribution >= 4 is 17.2 Å². The Morgan fingerprint density at radius 1 is 0.410 bits per heavy atom. The largest absolute Gasteiger partial charge is 0.119 e. The summed E-state index contributed by atoms with van der Waals surface area (Å²) in [5.74, 6) is 3.27. The third-order valence-electron chi connectivity index (χ3n) is 11.0. The van der Waals surface area contributed by atoms with Crippen LogP contribution in [-0.4, -0.2) is 23.6 Å². The maximum absolute atomic E-state index is 2.39. The fraction of sp³-hybridized carbons (Fsp3) is 1.00. The molecule has 2 heterocycles. The van der Waals surface area contributed by atoms with Gasteiger partial charge < -0.3 is 0 Å². The molecular formula is C37H72P2. The lowest BCUT2D eigenvalue weighted by molar-refractivity contribution is 0.330. The number of hydrogen-bond acceptors (Lipinski definition) is 0. The number of rotatable bonds is 4. The van der Waals surface area contributed by atoms with E-state index in [0.717, 1.165) is 29.1 Å². The highest BCUT2D eigenvalue weighted by Gasteiger charge is 2.25. The Morgan fingerprint density at radius 3 is 1.33 bits per heavy atom. The number of hydrogen-bond donors (Lipinski definition) is 0. The van der Waals surface area contributed by atoms with Crippen LogP contribution in [0.5, 0.6) is 0 Å². The van der Waals surface area contributed by atoms with E-state index in [1.54, 1.807) is 57.3 Å². The van der Waals surface area contributed by atoms with Gasteiger partial charge in [0, 0.05) is 0 Å². The van der Waals surface area contributed by atoms with E-state index in [4.69, 9.17) is 0 Å². The van der Waals surface area contributed by atoms with Crippen LogP contribution in [0.3, 0.4) is 0 Å². The molecule has 0 aromatic heterocycles. The Morgan fingerprint density at radius 2 is 0.795 bits per heavy atom. The third-order valence-corrected chi connectivity index (χ3v) is 14.8. The molecule has 39 heavy (non-hydrogen) atoms. The van der Waals surface area contributed by atoms with E-state index in [2.05, 4.69) is 6.92 Å². The van der Waals surface area contributed by atoms with E-state index < -0.39 is 0 Å². The van der Waals surface area contributed by atoms with Gasteiger partial charge in [0.15, 0.2) is 0 Å². The Bertz CT molecular complexity index is 496. The first kappa shape index (κ1) is 34.4. The molecule has 5 atom stereocenters. The summed E-state index contributed by atoms with van der Waals surface area (Å²) in [7, 11) is 2.59. The van der Waals surface area contributed by atoms with Gasteiger partial charge in [0.05, 0.1) is 0 Å². The van der Waals surface area contributed by atoms with Crippen molar-refractivity contribution in [1.29, 1.82) is 0 Å². The Hall–Kier alpha value is 0.860. The second-order valence-electron chi connectivity index (χ2n) is 14.3. The van der Waals surface area contributed by atoms with E-state index in [1.807, 2.05) is 0 Å². The fourth-order valence-corrected chi connectivity index (χ4v) is 12.4. The summed E-state index contributed by atoms with van der Waals surface area (Å²) in [4.78, 5) is 0. The summed E-state index contributed by atoms with van der Waals surface area (Å²) in [6.07, 6.45) is 47.5. The molecule has 2 heteroatoms. The van der Waals surface area contributed by atoms with Crippen LogP contribution in [0.1, 0.15) is 193 Å². The Labute approximate surface area is 251 Å². The minimum atomic E-state index is 1.07. The zero-order valence-electron chi connectivity index (χ0n) is 26.8. The normalized spacial score (nSPS) is 32.1. The van der Waals surface area contributed by atoms with Gasteiger partial charge in [-0.3, -0.25) is 0 Å². The highest BCUT2D eigenvalue weighted by molar-refractivity contribution is 7.39. The molecule has 2 aliphatic carbocycles. The highest BCUT2D eigenvalue weighted by atomic mass is 31.1. The van der Waals surface area contributed by atoms with Crippen LogP contribution in [0, 0.1) is 17.8 Å². The summed E-state index contributed by atoms with van der Waals surface area (Å²) < 4.78 is 0. The van der Waals surface area contributed by atoms with Crippen molar-refractivity contribution in [2.75, 3.05) is 12.3 Å². The maximum Gasteiger partial charge on any atom is -0.0206 e. The summed E-state index contributed by atoms with van der Waals surface area (Å²) in [5.41, 5.74) is 2.24. The van der Waals surface area contributed by atoms with Crippen LogP contribution in [0.4, 0.5) is 0 Å². The van der Waals surface area contributed by atoms with E-state index in [9.17, 15) is 0 Å². The molecular weight excluding hydrogens is 506 g/mol. The van der Waals surface area contributed by atoms with Crippen molar-refractivity contribution in [2.24, 2.45) is 17.8 Å². The molecule has 0 radical (unpaired) electrons. The molecule has 0 bridgehead atoms. The van der Waals surface area contributed by atoms with E-state index in [-0.39, 0.29) is 0 Å². The molecule has 0 nitrogen and oxygen atoms in total. The van der Waals surface area contributed by atoms with Gasteiger partial charge in [0.25, 0.3) is 0 Å². The Balaban J connectivity index is 0.000000218. The van der Waals surface area contributed by atoms with Crippen molar-refractivity contribution in [3.05, 3.63) is 0 Å². The van der Waals surface area contributed by atoms with Crippen molar-refractivity contribution in [3.63, 3.8) is 0 Å². The maximum atomic E-state index is 2.39. The standard InChI is InChI=1S/C20H39P.C17H33P/c1-2-12-18-13-8-7-11-16-21-20(17-18)19-14-9-5-3-4-6-10-15-19;1-2-5-9-13-16(12-8-4-1)17-14-10-6-3-7-11-15-18-17/h18-21H,2-17H2,1H3;16-18H,1-15H2. The SMILES string of the molecule is C1CCCCC(C2CCCCCCCP2)CCC1.CCCC1CCCCCPC(C2CCCCCCCC2)C1. The molecule has 2 aliphatic heterocycles. The topological polar surface area (TPSA) is 0 Å². The first-order valence-electron chi connectivity index (χ1n) is 18.8. The van der Waals surface area contributed by atoms with Gasteiger partial charge in [-0.25, -0.2) is 0 Å². The van der Waals surface area contributed by atoms with Gasteiger partial charge in [0.1, 0.15) is 0 Å². The van der Waals surface area contributed by atoms with E-state index in [0.29, 0.717) is 0 Å². The van der Waals surface area contributed by atoms with Gasteiger partial charge in [-0.1, -0.05) is 142 Å². The molecule has 0 aromatic carbocycles. The lowest BCUT2D eigenvalue weighted by Crippen LogP contribution is -2.20. The molecule has 4 aliphatic rings. The summed E-state index contributed by atoms with van der Waals surface area (Å²) >= 11 is 0. The summed E-state index contributed by atoms with van der Waals surface area (Å²) in [6.45, 7) is 2.39. The zero-order valence-corrected chi connectivity index (χ0v) is 28.8. The van der Waals surface area contributed by atoms with Crippen LogP contribution < -0.4 is 0 Å². The van der Waals surface area contributed by atoms with Crippen molar-refractivity contribution in [2.45, 2.75) is 204 Å². The minimum Gasteiger partial charge on any atom is -0.119 e. The monoisotopic (exact) mass is 579 g/mol. The predicted molar refractivity (Wildman–Crippen MR) is 184 cm³/mol. The van der Waals surface area contributed by atoms with Gasteiger partial charge in [-0.15, -0.1) is 17.2 Å². The van der Waals surface area contributed by atoms with Crippen LogP contribution in [-0.2, 0) is 0 Å². The first-order valence-corrected chi connectivity index (χ1v) is 21.4. The molecule has 4 fully saturated rings. The molecule has 0 spiro atoms. The molecule has 0 aromatic rings. The van der Waals surface area contributed by atoms with Crippen molar-refractivity contribution < 1.29 is 0 Å². The van der Waals surface area contributed by atoms with E-state index >= 15 is 0 Å². The van der Waals surface area contributed by atoms with Crippen LogP contribution >= 0.6 is 17.2 Å². The lowest BCUT2D eigenvalue weighted by Gasteiger charge is -2.30. The molecule has 5 unspecified atom stereocenters. The fourth-order valence-electron chi connectivity index (χ4n) is 8.56. The molecule has 0 N–H and O–H groups in total. The predicted octanol–water partition coefficient (Wildman–Crippen LogP) is 13.3. The molecule has 2 saturated carbocycles. The highest BCUT2D eigenvalue weighted by Crippen LogP contribution is 2.41. The molecule has 0 amide bonds. The smallest absolute Gasteiger partial charge is 0.0206 e. The van der Waals surface area contributed by atoms with Crippen LogP contribution in [0.2, 0.25) is 0 Å². The molecule has 4 rings (SSSR count). The van der Waals surface area contributed by atoms with Crippen LogP contribution in [0.25, 0.3) is 0 Å². The average Bonchev–Trinajstić information content (AvgIpc) is 3.30. The third kappa shape index (κ3) is 15.8. The van der Waals surface area contributed by atoms with Gasteiger partial charge in [-0.2, -0.15) is 0 Å². The molecule has 230 valence electrons. The second kappa shape index (κ2) is 23.3. The molecule has 2 saturated heterocycles. The summed E-state index contributed by atoms with van der Waals surface area (Å²) in [5, 5.41) is 0. The van der Waals surface area contributed by atoms with Gasteiger partial charge >= 0.3 is 0 Å². The minimum absolute atomic E-state index is 1.07. The lowest BCUT2D eigenvalue weighted by atomic mass is 9.85. The van der Waals surface area contributed by atoms with Crippen molar-refractivity contribution in [3.8, 4) is 0 Å². The Kier molecular flexibility index (Phi) is 20.6. The van der Waals surface area contributed by atoms with Crippen molar-refractivity contribution in [1.82, 2.24) is 0 Å². The first-order chi connectivity index (χ1) is 19.4. The summed E-state index contributed by atoms with van der Waals surface area (Å²) in [6, 6.07) is 0. The van der Waals surface area contributed by atoms with Crippen LogP contribution in [0.15, 0.2) is 0 Å². The zero-order chi connectivity index (χ0) is 27.2.